The van der Waals surface area contributed by atoms with Crippen molar-refractivity contribution in [1.29, 1.82) is 0 Å². The Morgan fingerprint density at radius 1 is 0.922 bits per heavy atom. The van der Waals surface area contributed by atoms with E-state index in [-0.39, 0.29) is 42.0 Å². The maximum Gasteiger partial charge on any atom is 0.248 e. The molecular formula is C39H52F2N8O2. The number of aromatic nitrogens is 6. The van der Waals surface area contributed by atoms with Gasteiger partial charge in [-0.3, -0.25) is 14.8 Å². The molecule has 5 aliphatic rings. The van der Waals surface area contributed by atoms with E-state index >= 15 is 0 Å². The zero-order chi connectivity index (χ0) is 35.4. The fourth-order valence-corrected chi connectivity index (χ4v) is 11.1. The van der Waals surface area contributed by atoms with Crippen LogP contribution >= 0.6 is 0 Å². The Bertz CT molecular complexity index is 1740. The Morgan fingerprint density at radius 3 is 2.59 bits per heavy atom. The first-order valence-electron chi connectivity index (χ1n) is 19.3. The number of hydrogen-bond donors (Lipinski definition) is 2. The molecule has 0 radical (unpaired) electrons. The number of alkyl halides is 2. The van der Waals surface area contributed by atoms with Gasteiger partial charge in [-0.25, -0.2) is 28.7 Å². The molecule has 10 nitrogen and oxygen atoms in total. The van der Waals surface area contributed by atoms with Crippen LogP contribution in [0.4, 0.5) is 20.4 Å². The van der Waals surface area contributed by atoms with Gasteiger partial charge in [-0.15, -0.1) is 0 Å². The maximum absolute atomic E-state index is 14.3. The number of H-pyrrole nitrogens is 1. The number of carbonyl (C=O) groups excluding carboxylic acids is 1. The summed E-state index contributed by atoms with van der Waals surface area (Å²) in [6.07, 6.45) is 15.1. The van der Waals surface area contributed by atoms with Crippen molar-refractivity contribution in [2.75, 3.05) is 29.9 Å². The third kappa shape index (κ3) is 6.33. The number of ether oxygens (including phenoxy) is 1. The summed E-state index contributed by atoms with van der Waals surface area (Å²) in [6, 6.07) is 3.81. The molecular weight excluding hydrogens is 650 g/mol. The number of anilines is 2. The zero-order valence-corrected chi connectivity index (χ0v) is 30.3. The number of fused-ring (bicyclic) bond motifs is 6. The van der Waals surface area contributed by atoms with E-state index in [9.17, 15) is 13.6 Å². The number of amides is 1. The molecule has 8 rings (SSSR count). The minimum Gasteiger partial charge on any atom is -0.378 e. The smallest absolute Gasteiger partial charge is 0.248 e. The SMILES string of the molecule is Cc1nc(-c2nc[nH]n2)ccc1-c1cnc2c(n1)N(CCCCCCO[C@H]1CC[C@H]3[C@@H]4CC[C@H]5CC(F)(F)CC[C@]5(C)[C@H]4CC[C@]13C)C(=O)CN2. The summed E-state index contributed by atoms with van der Waals surface area (Å²) in [7, 11) is 0. The summed E-state index contributed by atoms with van der Waals surface area (Å²) >= 11 is 0. The van der Waals surface area contributed by atoms with Crippen LogP contribution in [-0.2, 0) is 9.53 Å². The third-order valence-corrected chi connectivity index (χ3v) is 13.9. The third-order valence-electron chi connectivity index (χ3n) is 13.9. The van der Waals surface area contributed by atoms with Crippen LogP contribution in [0, 0.1) is 41.4 Å². The van der Waals surface area contributed by atoms with E-state index in [1.165, 1.54) is 19.2 Å². The highest BCUT2D eigenvalue weighted by molar-refractivity contribution is 6.00. The Kier molecular flexibility index (Phi) is 9.12. The second-order valence-corrected chi connectivity index (χ2v) is 16.6. The van der Waals surface area contributed by atoms with E-state index in [0.29, 0.717) is 65.7 Å². The van der Waals surface area contributed by atoms with Gasteiger partial charge in [-0.05, 0) is 111 Å². The van der Waals surface area contributed by atoms with E-state index < -0.39 is 5.92 Å². The van der Waals surface area contributed by atoms with Crippen molar-refractivity contribution in [2.24, 2.45) is 34.5 Å². The number of halogens is 2. The van der Waals surface area contributed by atoms with Crippen molar-refractivity contribution in [3.8, 4) is 22.8 Å². The van der Waals surface area contributed by atoms with Crippen LogP contribution in [-0.4, -0.2) is 67.8 Å². The molecule has 0 aromatic carbocycles. The van der Waals surface area contributed by atoms with E-state index in [1.54, 1.807) is 11.1 Å². The lowest BCUT2D eigenvalue weighted by atomic mass is 9.45. The van der Waals surface area contributed by atoms with Crippen molar-refractivity contribution >= 4 is 17.5 Å². The summed E-state index contributed by atoms with van der Waals surface area (Å²) < 4.78 is 35.3. The lowest BCUT2D eigenvalue weighted by Crippen LogP contribution is -2.55. The lowest BCUT2D eigenvalue weighted by molar-refractivity contribution is -0.169. The average molecular weight is 703 g/mol. The molecule has 3 aromatic heterocycles. The van der Waals surface area contributed by atoms with E-state index in [2.05, 4.69) is 44.3 Å². The summed E-state index contributed by atoms with van der Waals surface area (Å²) in [4.78, 5) is 33.2. The summed E-state index contributed by atoms with van der Waals surface area (Å²) in [5.74, 6) is 1.33. The molecule has 0 unspecified atom stereocenters. The number of rotatable bonds is 10. The van der Waals surface area contributed by atoms with Crippen LogP contribution in [0.3, 0.4) is 0 Å². The lowest BCUT2D eigenvalue weighted by Gasteiger charge is -2.61. The van der Waals surface area contributed by atoms with Gasteiger partial charge in [-0.1, -0.05) is 26.7 Å². The average Bonchev–Trinajstić information content (AvgIpc) is 3.77. The minimum atomic E-state index is -2.47. The second kappa shape index (κ2) is 13.5. The molecule has 0 spiro atoms. The fourth-order valence-electron chi connectivity index (χ4n) is 11.1. The summed E-state index contributed by atoms with van der Waals surface area (Å²) in [5, 5.41) is 9.95. The van der Waals surface area contributed by atoms with Crippen LogP contribution in [0.15, 0.2) is 24.7 Å². The predicted molar refractivity (Wildman–Crippen MR) is 191 cm³/mol. The monoisotopic (exact) mass is 702 g/mol. The van der Waals surface area contributed by atoms with Crippen LogP contribution in [0.25, 0.3) is 22.8 Å². The fraction of sp³-hybridized carbons (Fsp3) is 0.692. The molecule has 3 aromatic rings. The molecule has 274 valence electrons. The van der Waals surface area contributed by atoms with Gasteiger partial charge < -0.3 is 10.1 Å². The highest BCUT2D eigenvalue weighted by atomic mass is 19.3. The molecule has 4 saturated carbocycles. The first-order valence-corrected chi connectivity index (χ1v) is 19.3. The number of hydrogen-bond acceptors (Lipinski definition) is 8. The molecule has 4 aliphatic carbocycles. The number of carbonyl (C=O) groups is 1. The van der Waals surface area contributed by atoms with Crippen molar-refractivity contribution in [3.05, 3.63) is 30.4 Å². The molecule has 1 aliphatic heterocycles. The normalized spacial score (nSPS) is 32.5. The first-order chi connectivity index (χ1) is 24.6. The van der Waals surface area contributed by atoms with Crippen molar-refractivity contribution in [2.45, 2.75) is 116 Å². The summed E-state index contributed by atoms with van der Waals surface area (Å²) in [6.45, 7) is 8.31. The molecule has 4 fully saturated rings. The number of unbranched alkanes of at least 4 members (excludes halogenated alkanes) is 3. The van der Waals surface area contributed by atoms with Gasteiger partial charge >= 0.3 is 0 Å². The maximum atomic E-state index is 14.3. The Balaban J connectivity index is 0.820. The highest BCUT2D eigenvalue weighted by Crippen LogP contribution is 2.67. The molecule has 4 heterocycles. The summed E-state index contributed by atoms with van der Waals surface area (Å²) in [5.41, 5.74) is 3.24. The molecule has 0 saturated heterocycles. The molecule has 51 heavy (non-hydrogen) atoms. The van der Waals surface area contributed by atoms with Gasteiger partial charge in [0.15, 0.2) is 17.5 Å². The van der Waals surface area contributed by atoms with Gasteiger partial charge in [-0.2, -0.15) is 5.10 Å². The van der Waals surface area contributed by atoms with Gasteiger partial charge in [0.1, 0.15) is 12.0 Å². The van der Waals surface area contributed by atoms with Crippen molar-refractivity contribution in [3.63, 3.8) is 0 Å². The zero-order valence-electron chi connectivity index (χ0n) is 30.3. The van der Waals surface area contributed by atoms with Crippen LogP contribution in [0.5, 0.6) is 0 Å². The van der Waals surface area contributed by atoms with Gasteiger partial charge in [0, 0.05) is 37.3 Å². The molecule has 0 bridgehead atoms. The Labute approximate surface area is 299 Å². The Morgan fingerprint density at radius 2 is 1.76 bits per heavy atom. The first kappa shape index (κ1) is 34.5. The van der Waals surface area contributed by atoms with E-state index in [4.69, 9.17) is 9.72 Å². The Hall–Kier alpha value is -3.54. The van der Waals surface area contributed by atoms with Crippen molar-refractivity contribution in [1.82, 2.24) is 30.1 Å². The van der Waals surface area contributed by atoms with Crippen LogP contribution in [0.2, 0.25) is 0 Å². The quantitative estimate of drug-likeness (QED) is 0.204. The predicted octanol–water partition coefficient (Wildman–Crippen LogP) is 8.01. The minimum absolute atomic E-state index is 0.00487. The molecule has 12 heteroatoms. The van der Waals surface area contributed by atoms with E-state index in [0.717, 1.165) is 69.2 Å². The molecule has 7 atom stereocenters. The molecule has 2 N–H and O–H groups in total. The number of nitrogens with zero attached hydrogens (tertiary/aromatic N) is 6. The van der Waals surface area contributed by atoms with Gasteiger partial charge in [0.05, 0.1) is 24.5 Å². The standard InChI is InChI=1S/C39H52F2N8O2/c1-24-26(10-12-30(46-24)34-44-23-45-48-34)31-21-42-35-36(47-31)49(33(50)22-43-35)18-6-4-5-7-19-51-32-13-11-28-27-9-8-25-20-39(40,41)17-16-37(25,2)29(27)14-15-38(28,32)3/h10,12,21,23,25,27-29,32H,4-9,11,13-20,22H2,1-3H3,(H,42,43)(H,44,45,48)/t25-,27-,28-,29-,32-,37-,38-/m0/s1. The largest absolute Gasteiger partial charge is 0.378 e. The number of aryl methyl sites for hydroxylation is 1. The van der Waals surface area contributed by atoms with Gasteiger partial charge in [0.25, 0.3) is 0 Å². The van der Waals surface area contributed by atoms with E-state index in [1.807, 2.05) is 19.1 Å². The van der Waals surface area contributed by atoms with Crippen LogP contribution in [0.1, 0.15) is 103 Å². The highest BCUT2D eigenvalue weighted by Gasteiger charge is 2.62. The number of pyridine rings is 1. The van der Waals surface area contributed by atoms with Gasteiger partial charge in [0.2, 0.25) is 11.8 Å². The number of nitrogens with one attached hydrogen (secondary N) is 2. The molecule has 1 amide bonds. The topological polar surface area (TPSA) is 122 Å². The van der Waals surface area contributed by atoms with Crippen molar-refractivity contribution < 1.29 is 18.3 Å². The van der Waals surface area contributed by atoms with Crippen LogP contribution < -0.4 is 10.2 Å². The second-order valence-electron chi connectivity index (χ2n) is 16.6. The number of aromatic amines is 1.